The van der Waals surface area contributed by atoms with E-state index in [0.717, 1.165) is 72.0 Å². The molecule has 2 aromatic heterocycles. The topological polar surface area (TPSA) is 30.7 Å². The maximum atomic E-state index is 14.5. The minimum Gasteiger partial charge on any atom is -0.497 e. The van der Waals surface area contributed by atoms with Crippen molar-refractivity contribution in [3.63, 3.8) is 0 Å². The van der Waals surface area contributed by atoms with Crippen LogP contribution in [0.3, 0.4) is 0 Å². The Morgan fingerprint density at radius 1 is 0.700 bits per heavy atom. The van der Waals surface area contributed by atoms with Crippen molar-refractivity contribution in [2.24, 2.45) is 0 Å². The van der Waals surface area contributed by atoms with Gasteiger partial charge in [0, 0.05) is 28.3 Å². The normalized spacial score (nSPS) is 11.6. The zero-order valence-electron chi connectivity index (χ0n) is 22.9. The molecule has 0 aliphatic heterocycles. The fourth-order valence-electron chi connectivity index (χ4n) is 6.14. The van der Waals surface area contributed by atoms with Gasteiger partial charge < -0.3 is 9.14 Å². The quantitative estimate of drug-likeness (QED) is 0.213. The van der Waals surface area contributed by atoms with E-state index in [2.05, 4.69) is 103 Å². The van der Waals surface area contributed by atoms with Crippen LogP contribution in [0.15, 0.2) is 114 Å². The summed E-state index contributed by atoms with van der Waals surface area (Å²) in [6, 6.07) is 37.8. The van der Waals surface area contributed by atoms with E-state index in [1.54, 1.807) is 7.11 Å². The van der Waals surface area contributed by atoms with Crippen molar-refractivity contribution < 1.29 is 4.74 Å². The highest BCUT2D eigenvalue weighted by atomic mass is 16.5. The van der Waals surface area contributed by atoms with E-state index in [1.807, 2.05) is 24.3 Å². The van der Waals surface area contributed by atoms with Crippen molar-refractivity contribution in [3.05, 3.63) is 142 Å². The SMILES string of the molecule is COc1ccc2c(c1)cc1cc(Cc3ccccc3)c(=O)c3c(-c4cccc(C)c4)c(-c4cccc(C)c4)n2c13. The molecule has 0 spiro atoms. The Morgan fingerprint density at radius 3 is 2.15 bits per heavy atom. The van der Waals surface area contributed by atoms with Gasteiger partial charge in [-0.1, -0.05) is 83.9 Å². The van der Waals surface area contributed by atoms with Crippen LogP contribution in [0, 0.1) is 13.8 Å². The molecule has 7 aromatic rings. The molecule has 0 amide bonds. The fourth-order valence-corrected chi connectivity index (χ4v) is 6.14. The van der Waals surface area contributed by atoms with Gasteiger partial charge in [0.25, 0.3) is 0 Å². The number of aryl methyl sites for hydroxylation is 2. The Hall–Kier alpha value is -4.89. The van der Waals surface area contributed by atoms with Crippen molar-refractivity contribution in [3.8, 4) is 28.1 Å². The van der Waals surface area contributed by atoms with E-state index in [4.69, 9.17) is 4.74 Å². The first-order chi connectivity index (χ1) is 19.5. The predicted molar refractivity (Wildman–Crippen MR) is 166 cm³/mol. The van der Waals surface area contributed by atoms with Crippen molar-refractivity contribution in [2.45, 2.75) is 20.3 Å². The van der Waals surface area contributed by atoms with Crippen LogP contribution in [0.5, 0.6) is 5.75 Å². The van der Waals surface area contributed by atoms with Gasteiger partial charge in [0.05, 0.1) is 29.2 Å². The Labute approximate surface area is 233 Å². The molecule has 5 aromatic carbocycles. The van der Waals surface area contributed by atoms with E-state index < -0.39 is 0 Å². The zero-order valence-corrected chi connectivity index (χ0v) is 22.9. The van der Waals surface area contributed by atoms with Crippen LogP contribution in [-0.4, -0.2) is 11.5 Å². The number of nitrogens with zero attached hydrogens (tertiary/aromatic N) is 1. The molecule has 40 heavy (non-hydrogen) atoms. The molecule has 0 bridgehead atoms. The van der Waals surface area contributed by atoms with Gasteiger partial charge in [0.15, 0.2) is 5.43 Å². The summed E-state index contributed by atoms with van der Waals surface area (Å²) in [5, 5.41) is 2.90. The molecule has 0 saturated carbocycles. The average molecular weight is 520 g/mol. The maximum absolute atomic E-state index is 14.5. The third-order valence-electron chi connectivity index (χ3n) is 7.91. The van der Waals surface area contributed by atoms with E-state index in [9.17, 15) is 4.79 Å². The molecule has 0 unspecified atom stereocenters. The largest absolute Gasteiger partial charge is 0.497 e. The number of methoxy groups -OCH3 is 1. The smallest absolute Gasteiger partial charge is 0.192 e. The van der Waals surface area contributed by atoms with E-state index in [1.165, 1.54) is 5.56 Å². The van der Waals surface area contributed by atoms with Crippen LogP contribution in [0.2, 0.25) is 0 Å². The molecular formula is C37H29NO2. The van der Waals surface area contributed by atoms with Gasteiger partial charge in [0.2, 0.25) is 0 Å². The first kappa shape index (κ1) is 24.2. The van der Waals surface area contributed by atoms with E-state index in [0.29, 0.717) is 6.42 Å². The standard InChI is InChI=1S/C37H29NO2/c1-23-9-7-13-26(17-23)33-34-36-29(21-30(37(34)39)19-25-11-5-4-6-12-25)20-28-22-31(40-3)15-16-32(28)38(36)35(33)27-14-8-10-24(2)18-27/h4-18,20-22H,19H2,1-3H3. The third kappa shape index (κ3) is 3.85. The molecule has 7 rings (SSSR count). The molecule has 0 aliphatic carbocycles. The van der Waals surface area contributed by atoms with Gasteiger partial charge in [-0.15, -0.1) is 0 Å². The number of rotatable bonds is 5. The summed E-state index contributed by atoms with van der Waals surface area (Å²) >= 11 is 0. The van der Waals surface area contributed by atoms with Crippen LogP contribution < -0.4 is 10.2 Å². The molecule has 0 radical (unpaired) electrons. The van der Waals surface area contributed by atoms with E-state index >= 15 is 0 Å². The lowest BCUT2D eigenvalue weighted by atomic mass is 9.94. The molecule has 3 nitrogen and oxygen atoms in total. The highest BCUT2D eigenvalue weighted by Crippen LogP contribution is 2.44. The third-order valence-corrected chi connectivity index (χ3v) is 7.91. The van der Waals surface area contributed by atoms with Crippen LogP contribution in [0.25, 0.3) is 49.6 Å². The van der Waals surface area contributed by atoms with Crippen LogP contribution in [0.1, 0.15) is 22.3 Å². The second-order valence-electron chi connectivity index (χ2n) is 10.7. The van der Waals surface area contributed by atoms with Crippen molar-refractivity contribution in [1.82, 2.24) is 4.40 Å². The lowest BCUT2D eigenvalue weighted by molar-refractivity contribution is 0.415. The number of fused-ring (bicyclic) bond motifs is 2. The Balaban J connectivity index is 1.71. The Bertz CT molecular complexity index is 2100. The van der Waals surface area contributed by atoms with Crippen molar-refractivity contribution >= 4 is 27.2 Å². The maximum Gasteiger partial charge on any atom is 0.192 e. The summed E-state index contributed by atoms with van der Waals surface area (Å²) in [4.78, 5) is 14.5. The van der Waals surface area contributed by atoms with Crippen LogP contribution >= 0.6 is 0 Å². The Kier molecular flexibility index (Phi) is 5.67. The first-order valence-corrected chi connectivity index (χ1v) is 13.6. The number of hydrogen-bond acceptors (Lipinski definition) is 2. The molecule has 0 aliphatic rings. The van der Waals surface area contributed by atoms with Gasteiger partial charge in [-0.3, -0.25) is 4.79 Å². The highest BCUT2D eigenvalue weighted by Gasteiger charge is 2.25. The Morgan fingerprint density at radius 2 is 1.43 bits per heavy atom. The van der Waals surface area contributed by atoms with Crippen molar-refractivity contribution in [1.29, 1.82) is 0 Å². The summed E-state index contributed by atoms with van der Waals surface area (Å²) < 4.78 is 7.91. The first-order valence-electron chi connectivity index (χ1n) is 13.6. The fraction of sp³-hybridized carbons (Fsp3) is 0.108. The second kappa shape index (κ2) is 9.39. The molecule has 0 fully saturated rings. The molecule has 0 saturated heterocycles. The summed E-state index contributed by atoms with van der Waals surface area (Å²) in [6.45, 7) is 4.22. The summed E-state index contributed by atoms with van der Waals surface area (Å²) in [5.74, 6) is 0.808. The lowest BCUT2D eigenvalue weighted by Crippen LogP contribution is -2.10. The molecule has 2 heterocycles. The summed E-state index contributed by atoms with van der Waals surface area (Å²) in [6.07, 6.45) is 0.583. The molecule has 194 valence electrons. The minimum absolute atomic E-state index is 0.0946. The van der Waals surface area contributed by atoms with Gasteiger partial charge in [-0.2, -0.15) is 0 Å². The number of hydrogen-bond donors (Lipinski definition) is 0. The molecular weight excluding hydrogens is 490 g/mol. The van der Waals surface area contributed by atoms with Crippen LogP contribution in [-0.2, 0) is 6.42 Å². The molecule has 0 atom stereocenters. The average Bonchev–Trinajstić information content (AvgIpc) is 3.33. The summed E-state index contributed by atoms with van der Waals surface area (Å²) in [7, 11) is 1.70. The number of ether oxygens (including phenoxy) is 1. The van der Waals surface area contributed by atoms with Crippen molar-refractivity contribution in [2.75, 3.05) is 7.11 Å². The van der Waals surface area contributed by atoms with E-state index in [-0.39, 0.29) is 5.43 Å². The van der Waals surface area contributed by atoms with Crippen LogP contribution in [0.4, 0.5) is 0 Å². The highest BCUT2D eigenvalue weighted by molar-refractivity contribution is 6.14. The van der Waals surface area contributed by atoms with Gasteiger partial charge >= 0.3 is 0 Å². The lowest BCUT2D eigenvalue weighted by Gasteiger charge is -2.13. The molecule has 0 N–H and O–H groups in total. The second-order valence-corrected chi connectivity index (χ2v) is 10.7. The predicted octanol–water partition coefficient (Wildman–Crippen LogP) is 8.59. The number of aromatic nitrogens is 1. The van der Waals surface area contributed by atoms with Gasteiger partial charge in [0.1, 0.15) is 5.75 Å². The minimum atomic E-state index is 0.0946. The van der Waals surface area contributed by atoms with Gasteiger partial charge in [-0.25, -0.2) is 0 Å². The molecule has 3 heteroatoms. The zero-order chi connectivity index (χ0) is 27.4. The monoisotopic (exact) mass is 519 g/mol. The number of pyridine rings is 1. The van der Waals surface area contributed by atoms with Gasteiger partial charge in [-0.05, 0) is 66.9 Å². The summed E-state index contributed by atoms with van der Waals surface area (Å²) in [5.41, 5.74) is 10.5. The number of benzene rings is 5.